The molecule has 2 nitrogen and oxygen atoms in total. The second kappa shape index (κ2) is 6.18. The number of hydrogen-bond acceptors (Lipinski definition) is 2. The lowest BCUT2D eigenvalue weighted by Gasteiger charge is -2.28. The van der Waals surface area contributed by atoms with Gasteiger partial charge in [0.25, 0.3) is 0 Å². The molecule has 1 aliphatic rings. The van der Waals surface area contributed by atoms with Crippen molar-refractivity contribution in [1.82, 2.24) is 0 Å². The number of aryl methyl sites for hydroxylation is 1. The number of ether oxygens (including phenoxy) is 1. The van der Waals surface area contributed by atoms with Crippen LogP contribution in [0.3, 0.4) is 0 Å². The molecule has 1 saturated heterocycles. The largest absolute Gasteiger partial charge is 0.376 e. The number of nitrogens with two attached hydrogens (primary N) is 1. The van der Waals surface area contributed by atoms with Gasteiger partial charge in [-0.05, 0) is 36.8 Å². The van der Waals surface area contributed by atoms with Gasteiger partial charge in [-0.3, -0.25) is 0 Å². The second-order valence-corrected chi connectivity index (χ2v) is 4.93. The third kappa shape index (κ3) is 3.30. The van der Waals surface area contributed by atoms with Crippen molar-refractivity contribution in [3.63, 3.8) is 0 Å². The first-order chi connectivity index (χ1) is 8.31. The minimum absolute atomic E-state index is 0.0344. The Hall–Kier alpha value is -0.860. The molecule has 2 rings (SSSR count). The van der Waals surface area contributed by atoms with Crippen LogP contribution in [0.2, 0.25) is 0 Å². The van der Waals surface area contributed by atoms with Crippen molar-refractivity contribution in [3.8, 4) is 0 Å². The normalized spacial score (nSPS) is 22.4. The van der Waals surface area contributed by atoms with Crippen LogP contribution in [0.5, 0.6) is 0 Å². The Morgan fingerprint density at radius 1 is 1.41 bits per heavy atom. The summed E-state index contributed by atoms with van der Waals surface area (Å²) in [5, 5.41) is 0. The topological polar surface area (TPSA) is 35.2 Å². The summed E-state index contributed by atoms with van der Waals surface area (Å²) in [5.41, 5.74) is 8.92. The molecule has 0 radical (unpaired) electrons. The van der Waals surface area contributed by atoms with Crippen LogP contribution in [0.15, 0.2) is 24.3 Å². The van der Waals surface area contributed by atoms with E-state index >= 15 is 0 Å². The lowest BCUT2D eigenvalue weighted by molar-refractivity contribution is 0.00000330. The van der Waals surface area contributed by atoms with Crippen LogP contribution in [-0.4, -0.2) is 12.7 Å². The van der Waals surface area contributed by atoms with Crippen molar-refractivity contribution in [2.75, 3.05) is 6.61 Å². The van der Waals surface area contributed by atoms with E-state index in [-0.39, 0.29) is 12.1 Å². The molecule has 2 heteroatoms. The van der Waals surface area contributed by atoms with Crippen LogP contribution in [-0.2, 0) is 11.2 Å². The molecule has 1 aromatic carbocycles. The Morgan fingerprint density at radius 2 is 2.29 bits per heavy atom. The van der Waals surface area contributed by atoms with Crippen LogP contribution < -0.4 is 5.73 Å². The van der Waals surface area contributed by atoms with Gasteiger partial charge in [0.15, 0.2) is 0 Å². The lowest BCUT2D eigenvalue weighted by Crippen LogP contribution is -2.31. The van der Waals surface area contributed by atoms with Gasteiger partial charge in [0, 0.05) is 6.61 Å². The number of benzene rings is 1. The fraction of sp³-hybridized carbons (Fsp3) is 0.600. The van der Waals surface area contributed by atoms with Gasteiger partial charge in [0.05, 0.1) is 12.1 Å². The molecule has 2 atom stereocenters. The van der Waals surface area contributed by atoms with E-state index in [0.717, 1.165) is 19.4 Å². The quantitative estimate of drug-likeness (QED) is 0.866. The van der Waals surface area contributed by atoms with E-state index < -0.39 is 0 Å². The van der Waals surface area contributed by atoms with E-state index in [4.69, 9.17) is 10.5 Å². The Kier molecular flexibility index (Phi) is 4.57. The summed E-state index contributed by atoms with van der Waals surface area (Å²) in [5.74, 6) is 0. The summed E-state index contributed by atoms with van der Waals surface area (Å²) < 4.78 is 5.77. The highest BCUT2D eigenvalue weighted by molar-refractivity contribution is 5.26. The summed E-state index contributed by atoms with van der Waals surface area (Å²) in [6.45, 7) is 3.07. The van der Waals surface area contributed by atoms with E-state index in [1.165, 1.54) is 30.4 Å². The van der Waals surface area contributed by atoms with Gasteiger partial charge < -0.3 is 10.5 Å². The standard InChI is InChI=1S/C15H23NO/c1-2-6-12-7-5-8-13(11-12)15(16)14-9-3-4-10-17-14/h5,7-8,11,14-15H,2-4,6,9-10,16H2,1H3. The molecule has 0 amide bonds. The highest BCUT2D eigenvalue weighted by Crippen LogP contribution is 2.25. The summed E-state index contributed by atoms with van der Waals surface area (Å²) in [7, 11) is 0. The molecule has 1 fully saturated rings. The van der Waals surface area contributed by atoms with E-state index in [9.17, 15) is 0 Å². The molecule has 17 heavy (non-hydrogen) atoms. The average Bonchev–Trinajstić information content (AvgIpc) is 2.40. The molecule has 0 aromatic heterocycles. The third-order valence-electron chi connectivity index (χ3n) is 3.49. The zero-order valence-electron chi connectivity index (χ0n) is 10.7. The summed E-state index contributed by atoms with van der Waals surface area (Å²) in [6.07, 6.45) is 6.04. The van der Waals surface area contributed by atoms with Crippen molar-refractivity contribution in [1.29, 1.82) is 0 Å². The predicted molar refractivity (Wildman–Crippen MR) is 71.0 cm³/mol. The molecule has 0 saturated carbocycles. The van der Waals surface area contributed by atoms with Crippen LogP contribution in [0.25, 0.3) is 0 Å². The zero-order valence-corrected chi connectivity index (χ0v) is 10.7. The lowest BCUT2D eigenvalue weighted by atomic mass is 9.94. The fourth-order valence-electron chi connectivity index (χ4n) is 2.51. The van der Waals surface area contributed by atoms with E-state index in [2.05, 4.69) is 31.2 Å². The Morgan fingerprint density at radius 3 is 3.00 bits per heavy atom. The maximum absolute atomic E-state index is 6.31. The molecule has 0 bridgehead atoms. The highest BCUT2D eigenvalue weighted by Gasteiger charge is 2.22. The number of hydrogen-bond donors (Lipinski definition) is 1. The smallest absolute Gasteiger partial charge is 0.0767 e. The van der Waals surface area contributed by atoms with Gasteiger partial charge in [-0.2, -0.15) is 0 Å². The SMILES string of the molecule is CCCc1cccc(C(N)C2CCCCO2)c1. The summed E-state index contributed by atoms with van der Waals surface area (Å²) >= 11 is 0. The van der Waals surface area contributed by atoms with Crippen molar-refractivity contribution in [2.45, 2.75) is 51.2 Å². The minimum atomic E-state index is 0.0344. The maximum Gasteiger partial charge on any atom is 0.0767 e. The second-order valence-electron chi connectivity index (χ2n) is 4.93. The van der Waals surface area contributed by atoms with Gasteiger partial charge >= 0.3 is 0 Å². The van der Waals surface area contributed by atoms with E-state index in [1.54, 1.807) is 0 Å². The monoisotopic (exact) mass is 233 g/mol. The highest BCUT2D eigenvalue weighted by atomic mass is 16.5. The first-order valence-electron chi connectivity index (χ1n) is 6.77. The Labute approximate surface area is 104 Å². The molecule has 1 aromatic rings. The fourth-order valence-corrected chi connectivity index (χ4v) is 2.51. The Balaban J connectivity index is 2.06. The molecule has 0 spiro atoms. The van der Waals surface area contributed by atoms with Crippen molar-refractivity contribution in [3.05, 3.63) is 35.4 Å². The molecular formula is C15H23NO. The number of rotatable bonds is 4. The van der Waals surface area contributed by atoms with E-state index in [1.807, 2.05) is 0 Å². The van der Waals surface area contributed by atoms with Crippen molar-refractivity contribution in [2.24, 2.45) is 5.73 Å². The van der Waals surface area contributed by atoms with Crippen LogP contribution in [0.4, 0.5) is 0 Å². The van der Waals surface area contributed by atoms with E-state index in [0.29, 0.717) is 0 Å². The van der Waals surface area contributed by atoms with Gasteiger partial charge in [0.1, 0.15) is 0 Å². The molecular weight excluding hydrogens is 210 g/mol. The summed E-state index contributed by atoms with van der Waals surface area (Å²) in [6, 6.07) is 8.70. The van der Waals surface area contributed by atoms with Crippen molar-refractivity contribution >= 4 is 0 Å². The Bertz CT molecular complexity index is 345. The minimum Gasteiger partial charge on any atom is -0.376 e. The molecule has 2 N–H and O–H groups in total. The van der Waals surface area contributed by atoms with Crippen molar-refractivity contribution < 1.29 is 4.74 Å². The van der Waals surface area contributed by atoms with Gasteiger partial charge in [-0.15, -0.1) is 0 Å². The zero-order chi connectivity index (χ0) is 12.1. The van der Waals surface area contributed by atoms with Gasteiger partial charge in [0.2, 0.25) is 0 Å². The van der Waals surface area contributed by atoms with Gasteiger partial charge in [-0.25, -0.2) is 0 Å². The third-order valence-corrected chi connectivity index (χ3v) is 3.49. The van der Waals surface area contributed by atoms with Gasteiger partial charge in [-0.1, -0.05) is 37.6 Å². The van der Waals surface area contributed by atoms with Crippen LogP contribution >= 0.6 is 0 Å². The molecule has 1 heterocycles. The average molecular weight is 233 g/mol. The molecule has 2 unspecified atom stereocenters. The molecule has 1 aliphatic heterocycles. The maximum atomic E-state index is 6.31. The van der Waals surface area contributed by atoms with Crippen LogP contribution in [0.1, 0.15) is 49.8 Å². The first-order valence-corrected chi connectivity index (χ1v) is 6.77. The predicted octanol–water partition coefficient (Wildman–Crippen LogP) is 3.21. The summed E-state index contributed by atoms with van der Waals surface area (Å²) in [4.78, 5) is 0. The molecule has 94 valence electrons. The molecule has 0 aliphatic carbocycles. The van der Waals surface area contributed by atoms with Crippen LogP contribution in [0, 0.1) is 0 Å². The first kappa shape index (κ1) is 12.6.